The molecule has 0 bridgehead atoms. The normalized spacial score (nSPS) is 16.2. The lowest BCUT2D eigenvalue weighted by Crippen LogP contribution is -2.51. The molecule has 6 nitrogen and oxygen atoms in total. The minimum atomic E-state index is -3.99. The molecule has 1 atom stereocenters. The van der Waals surface area contributed by atoms with Gasteiger partial charge in [0.15, 0.2) is 11.6 Å². The van der Waals surface area contributed by atoms with Gasteiger partial charge in [-0.25, -0.2) is 17.2 Å². The lowest BCUT2D eigenvalue weighted by atomic mass is 10.0. The first kappa shape index (κ1) is 24.0. The summed E-state index contributed by atoms with van der Waals surface area (Å²) in [6.07, 6.45) is 0. The molecule has 1 aliphatic rings. The second kappa shape index (κ2) is 10.0. The van der Waals surface area contributed by atoms with E-state index in [9.17, 15) is 22.0 Å². The third-order valence-corrected chi connectivity index (χ3v) is 7.74. The van der Waals surface area contributed by atoms with Gasteiger partial charge in [0.25, 0.3) is 0 Å². The molecule has 0 aliphatic carbocycles. The molecule has 178 valence electrons. The second-order valence-corrected chi connectivity index (χ2v) is 10.1. The van der Waals surface area contributed by atoms with E-state index in [-0.39, 0.29) is 23.9 Å². The van der Waals surface area contributed by atoms with Crippen LogP contribution >= 0.6 is 0 Å². The average Bonchev–Trinajstić information content (AvgIpc) is 2.83. The summed E-state index contributed by atoms with van der Waals surface area (Å²) in [5.74, 6) is -2.53. The van der Waals surface area contributed by atoms with E-state index in [2.05, 4.69) is 5.32 Å². The van der Waals surface area contributed by atoms with E-state index in [1.54, 1.807) is 0 Å². The molecule has 4 rings (SSSR count). The average molecular weight is 486 g/mol. The Kier molecular flexibility index (Phi) is 7.06. The molecule has 1 aliphatic heterocycles. The van der Waals surface area contributed by atoms with Crippen molar-refractivity contribution in [2.75, 3.05) is 31.5 Å². The highest BCUT2D eigenvalue weighted by atomic mass is 32.2. The van der Waals surface area contributed by atoms with Crippen LogP contribution in [-0.2, 0) is 14.8 Å². The van der Waals surface area contributed by atoms with Crippen molar-refractivity contribution >= 4 is 21.6 Å². The molecule has 0 radical (unpaired) electrons. The fourth-order valence-corrected chi connectivity index (χ4v) is 5.43. The number of nitrogens with zero attached hydrogens (tertiary/aromatic N) is 2. The zero-order valence-corrected chi connectivity index (χ0v) is 19.4. The number of anilines is 1. The number of carbonyl (C=O) groups is 1. The summed E-state index contributed by atoms with van der Waals surface area (Å²) in [7, 11) is -3.99. The number of halogens is 2. The predicted molar refractivity (Wildman–Crippen MR) is 126 cm³/mol. The molecule has 1 saturated heterocycles. The monoisotopic (exact) mass is 485 g/mol. The number of aryl methyl sites for hydroxylation is 1. The smallest absolute Gasteiger partial charge is 0.246 e. The number of sulfonamides is 1. The molecule has 3 aromatic carbocycles. The first-order valence-corrected chi connectivity index (χ1v) is 12.3. The highest BCUT2D eigenvalue weighted by Gasteiger charge is 2.34. The maximum atomic E-state index is 13.6. The lowest BCUT2D eigenvalue weighted by molar-refractivity contribution is -0.122. The molecular weight excluding hydrogens is 460 g/mol. The number of nitrogens with one attached hydrogen (secondary N) is 1. The van der Waals surface area contributed by atoms with E-state index in [4.69, 9.17) is 0 Å². The Morgan fingerprint density at radius 2 is 1.53 bits per heavy atom. The van der Waals surface area contributed by atoms with Crippen molar-refractivity contribution in [2.45, 2.75) is 17.9 Å². The van der Waals surface area contributed by atoms with E-state index in [0.29, 0.717) is 24.8 Å². The molecule has 0 aromatic heterocycles. The Balaban J connectivity index is 1.52. The van der Waals surface area contributed by atoms with Gasteiger partial charge in [0.2, 0.25) is 15.9 Å². The van der Waals surface area contributed by atoms with Gasteiger partial charge in [0.1, 0.15) is 6.04 Å². The zero-order chi connectivity index (χ0) is 24.3. The van der Waals surface area contributed by atoms with Crippen LogP contribution in [0.25, 0.3) is 0 Å². The van der Waals surface area contributed by atoms with E-state index < -0.39 is 27.7 Å². The van der Waals surface area contributed by atoms with Gasteiger partial charge in [-0.15, -0.1) is 0 Å². The largest absolute Gasteiger partial charge is 0.324 e. The SMILES string of the molecule is Cc1ccc(NC(=O)C(c2ccccc2)N2CCN(S(=O)(=O)c3ccc(F)c(F)c3)CC2)cc1. The maximum Gasteiger partial charge on any atom is 0.246 e. The van der Waals surface area contributed by atoms with Crippen LogP contribution in [0.15, 0.2) is 77.7 Å². The molecule has 0 spiro atoms. The lowest BCUT2D eigenvalue weighted by Gasteiger charge is -2.38. The number of amides is 1. The fraction of sp³-hybridized carbons (Fsp3) is 0.240. The van der Waals surface area contributed by atoms with Gasteiger partial charge in [-0.1, -0.05) is 48.0 Å². The van der Waals surface area contributed by atoms with Gasteiger partial charge in [0, 0.05) is 31.9 Å². The molecule has 0 saturated carbocycles. The van der Waals surface area contributed by atoms with Crippen LogP contribution in [0, 0.1) is 18.6 Å². The molecule has 3 aromatic rings. The van der Waals surface area contributed by atoms with Crippen molar-refractivity contribution in [3.05, 3.63) is 95.6 Å². The van der Waals surface area contributed by atoms with Crippen LogP contribution in [0.1, 0.15) is 17.2 Å². The second-order valence-electron chi connectivity index (χ2n) is 8.18. The molecule has 1 N–H and O–H groups in total. The van der Waals surface area contributed by atoms with Crippen LogP contribution in [0.3, 0.4) is 0 Å². The highest BCUT2D eigenvalue weighted by Crippen LogP contribution is 2.27. The summed E-state index contributed by atoms with van der Waals surface area (Å²) in [4.78, 5) is 14.9. The Morgan fingerprint density at radius 3 is 2.15 bits per heavy atom. The van der Waals surface area contributed by atoms with Crippen LogP contribution in [0.2, 0.25) is 0 Å². The van der Waals surface area contributed by atoms with Gasteiger partial charge >= 0.3 is 0 Å². The van der Waals surface area contributed by atoms with Gasteiger partial charge in [-0.05, 0) is 42.8 Å². The van der Waals surface area contributed by atoms with Crippen LogP contribution < -0.4 is 5.32 Å². The summed E-state index contributed by atoms with van der Waals surface area (Å²) in [5.41, 5.74) is 2.55. The minimum absolute atomic E-state index is 0.114. The number of benzene rings is 3. The standard InChI is InChI=1S/C25H25F2N3O3S/c1-18-7-9-20(10-8-18)28-25(31)24(19-5-3-2-4-6-19)29-13-15-30(16-14-29)34(32,33)21-11-12-22(26)23(27)17-21/h2-12,17,24H,13-16H2,1H3,(H,28,31). The third-order valence-electron chi connectivity index (χ3n) is 5.85. The van der Waals surface area contributed by atoms with E-state index in [1.165, 1.54) is 4.31 Å². The van der Waals surface area contributed by atoms with E-state index in [0.717, 1.165) is 23.3 Å². The first-order chi connectivity index (χ1) is 16.3. The van der Waals surface area contributed by atoms with Gasteiger partial charge in [-0.3, -0.25) is 9.69 Å². The molecule has 1 amide bonds. The summed E-state index contributed by atoms with van der Waals surface area (Å²) < 4.78 is 54.0. The number of hydrogen-bond acceptors (Lipinski definition) is 4. The highest BCUT2D eigenvalue weighted by molar-refractivity contribution is 7.89. The first-order valence-electron chi connectivity index (χ1n) is 10.9. The van der Waals surface area contributed by atoms with Crippen LogP contribution in [-0.4, -0.2) is 49.7 Å². The molecule has 1 heterocycles. The third kappa shape index (κ3) is 5.16. The van der Waals surface area contributed by atoms with Crippen molar-refractivity contribution in [3.8, 4) is 0 Å². The van der Waals surface area contributed by atoms with Crippen LogP contribution in [0.4, 0.5) is 14.5 Å². The number of rotatable bonds is 6. The van der Waals surface area contributed by atoms with Crippen molar-refractivity contribution in [2.24, 2.45) is 0 Å². The van der Waals surface area contributed by atoms with E-state index >= 15 is 0 Å². The summed E-state index contributed by atoms with van der Waals surface area (Å²) in [6, 6.07) is 18.7. The predicted octanol–water partition coefficient (Wildman–Crippen LogP) is 3.96. The number of hydrogen-bond donors (Lipinski definition) is 1. The topological polar surface area (TPSA) is 69.7 Å². The quantitative estimate of drug-likeness (QED) is 0.574. The summed E-state index contributed by atoms with van der Waals surface area (Å²) in [5, 5.41) is 2.95. The summed E-state index contributed by atoms with van der Waals surface area (Å²) >= 11 is 0. The maximum absolute atomic E-state index is 13.6. The zero-order valence-electron chi connectivity index (χ0n) is 18.6. The number of piperazine rings is 1. The molecule has 9 heteroatoms. The molecular formula is C25H25F2N3O3S. The Hall–Kier alpha value is -3.14. The number of carbonyl (C=O) groups excluding carboxylic acids is 1. The fourth-order valence-electron chi connectivity index (χ4n) is 4.00. The minimum Gasteiger partial charge on any atom is -0.324 e. The Morgan fingerprint density at radius 1 is 0.882 bits per heavy atom. The van der Waals surface area contributed by atoms with Crippen molar-refractivity contribution in [1.29, 1.82) is 0 Å². The van der Waals surface area contributed by atoms with Gasteiger partial charge < -0.3 is 5.32 Å². The molecule has 1 unspecified atom stereocenters. The molecule has 34 heavy (non-hydrogen) atoms. The van der Waals surface area contributed by atoms with Crippen molar-refractivity contribution < 1.29 is 22.0 Å². The van der Waals surface area contributed by atoms with Crippen molar-refractivity contribution in [1.82, 2.24) is 9.21 Å². The Labute approximate surface area is 197 Å². The molecule has 1 fully saturated rings. The van der Waals surface area contributed by atoms with Gasteiger partial charge in [0.05, 0.1) is 4.90 Å². The Bertz CT molecular complexity index is 1260. The van der Waals surface area contributed by atoms with Crippen molar-refractivity contribution in [3.63, 3.8) is 0 Å². The van der Waals surface area contributed by atoms with Gasteiger partial charge in [-0.2, -0.15) is 4.31 Å². The van der Waals surface area contributed by atoms with Crippen LogP contribution in [0.5, 0.6) is 0 Å². The summed E-state index contributed by atoms with van der Waals surface area (Å²) in [6.45, 7) is 2.78. The van der Waals surface area contributed by atoms with E-state index in [1.807, 2.05) is 66.4 Å².